The summed E-state index contributed by atoms with van der Waals surface area (Å²) in [7, 11) is -3.27. The van der Waals surface area contributed by atoms with Crippen molar-refractivity contribution in [3.8, 4) is 10.6 Å². The van der Waals surface area contributed by atoms with Crippen molar-refractivity contribution in [2.75, 3.05) is 12.9 Å². The summed E-state index contributed by atoms with van der Waals surface area (Å²) in [6.07, 6.45) is 1.15. The Morgan fingerprint density at radius 3 is 2.80 bits per heavy atom. The van der Waals surface area contributed by atoms with Crippen LogP contribution in [0.1, 0.15) is 17.4 Å². The maximum Gasteiger partial charge on any atom is 0.357 e. The molecule has 0 bridgehead atoms. The van der Waals surface area contributed by atoms with E-state index < -0.39 is 15.8 Å². The standard InChI is InChI=1S/C13H13NO4S2/c1-3-18-13(15)11-8-19-12(14-11)9-5-4-6-10(7-9)20(2,16)17/h4-8H,3H2,1-2H3. The molecule has 0 fully saturated rings. The molecule has 2 aromatic rings. The molecule has 0 saturated heterocycles. The highest BCUT2D eigenvalue weighted by atomic mass is 32.2. The number of ether oxygens (including phenoxy) is 1. The number of aromatic nitrogens is 1. The number of hydrogen-bond acceptors (Lipinski definition) is 6. The van der Waals surface area contributed by atoms with E-state index >= 15 is 0 Å². The highest BCUT2D eigenvalue weighted by Crippen LogP contribution is 2.26. The lowest BCUT2D eigenvalue weighted by atomic mass is 10.2. The van der Waals surface area contributed by atoms with Gasteiger partial charge < -0.3 is 4.74 Å². The van der Waals surface area contributed by atoms with Crippen LogP contribution in [0.4, 0.5) is 0 Å². The highest BCUT2D eigenvalue weighted by Gasteiger charge is 2.14. The third-order valence-electron chi connectivity index (χ3n) is 2.50. The minimum Gasteiger partial charge on any atom is -0.461 e. The lowest BCUT2D eigenvalue weighted by Gasteiger charge is -2.01. The minimum atomic E-state index is -3.27. The first kappa shape index (κ1) is 14.7. The van der Waals surface area contributed by atoms with Gasteiger partial charge in [-0.05, 0) is 19.1 Å². The molecule has 7 heteroatoms. The molecule has 5 nitrogen and oxygen atoms in total. The molecule has 1 aromatic carbocycles. The van der Waals surface area contributed by atoms with Gasteiger partial charge in [-0.25, -0.2) is 18.2 Å². The molecular weight excluding hydrogens is 298 g/mol. The van der Waals surface area contributed by atoms with Gasteiger partial charge in [-0.2, -0.15) is 0 Å². The van der Waals surface area contributed by atoms with Gasteiger partial charge in [-0.3, -0.25) is 0 Å². The summed E-state index contributed by atoms with van der Waals surface area (Å²) in [4.78, 5) is 15.9. The van der Waals surface area contributed by atoms with E-state index in [0.717, 1.165) is 6.26 Å². The molecule has 106 valence electrons. The van der Waals surface area contributed by atoms with Gasteiger partial charge in [0.25, 0.3) is 0 Å². The fourth-order valence-electron chi connectivity index (χ4n) is 1.56. The minimum absolute atomic E-state index is 0.225. The van der Waals surface area contributed by atoms with E-state index in [9.17, 15) is 13.2 Å². The maximum atomic E-state index is 11.5. The van der Waals surface area contributed by atoms with Crippen LogP contribution in [0.5, 0.6) is 0 Å². The van der Waals surface area contributed by atoms with Crippen molar-refractivity contribution in [3.63, 3.8) is 0 Å². The van der Waals surface area contributed by atoms with Crippen LogP contribution in [0.2, 0.25) is 0 Å². The van der Waals surface area contributed by atoms with Crippen molar-refractivity contribution in [3.05, 3.63) is 35.3 Å². The zero-order valence-electron chi connectivity index (χ0n) is 11.0. The quantitative estimate of drug-likeness (QED) is 0.811. The Morgan fingerprint density at radius 1 is 1.40 bits per heavy atom. The zero-order chi connectivity index (χ0) is 14.8. The largest absolute Gasteiger partial charge is 0.461 e. The van der Waals surface area contributed by atoms with Crippen LogP contribution in [-0.4, -0.2) is 32.2 Å². The Bertz CT molecular complexity index is 734. The number of carbonyl (C=O) groups excluding carboxylic acids is 1. The van der Waals surface area contributed by atoms with Gasteiger partial charge in [0.1, 0.15) is 5.01 Å². The molecule has 1 aromatic heterocycles. The lowest BCUT2D eigenvalue weighted by molar-refractivity contribution is 0.0520. The predicted octanol–water partition coefficient (Wildman–Crippen LogP) is 2.39. The molecule has 2 rings (SSSR count). The monoisotopic (exact) mass is 311 g/mol. The van der Waals surface area contributed by atoms with E-state index in [1.54, 1.807) is 30.5 Å². The third-order valence-corrected chi connectivity index (χ3v) is 4.50. The molecule has 1 heterocycles. The first-order valence-electron chi connectivity index (χ1n) is 5.85. The van der Waals surface area contributed by atoms with Crippen LogP contribution < -0.4 is 0 Å². The number of sulfone groups is 1. The van der Waals surface area contributed by atoms with Gasteiger partial charge in [-0.1, -0.05) is 12.1 Å². The number of thiazole rings is 1. The van der Waals surface area contributed by atoms with Crippen molar-refractivity contribution in [1.29, 1.82) is 0 Å². The number of carbonyl (C=O) groups is 1. The molecule has 0 radical (unpaired) electrons. The fourth-order valence-corrected chi connectivity index (χ4v) is 3.02. The van der Waals surface area contributed by atoms with Crippen molar-refractivity contribution in [1.82, 2.24) is 4.98 Å². The Kier molecular flexibility index (Phi) is 4.20. The average Bonchev–Trinajstić information content (AvgIpc) is 2.88. The average molecular weight is 311 g/mol. The van der Waals surface area contributed by atoms with Gasteiger partial charge >= 0.3 is 5.97 Å². The van der Waals surface area contributed by atoms with Crippen LogP contribution in [0.3, 0.4) is 0 Å². The molecule has 20 heavy (non-hydrogen) atoms. The summed E-state index contributed by atoms with van der Waals surface area (Å²) < 4.78 is 27.9. The molecule has 0 unspecified atom stereocenters. The molecule has 0 N–H and O–H groups in total. The smallest absolute Gasteiger partial charge is 0.357 e. The van der Waals surface area contributed by atoms with E-state index in [4.69, 9.17) is 4.74 Å². The van der Waals surface area contributed by atoms with E-state index in [1.807, 2.05) is 0 Å². The van der Waals surface area contributed by atoms with Gasteiger partial charge in [0.2, 0.25) is 0 Å². The Morgan fingerprint density at radius 2 is 2.15 bits per heavy atom. The van der Waals surface area contributed by atoms with Crippen molar-refractivity contribution in [2.45, 2.75) is 11.8 Å². The summed E-state index contributed by atoms with van der Waals surface area (Å²) in [5.41, 5.74) is 0.894. The van der Waals surface area contributed by atoms with Crippen LogP contribution in [-0.2, 0) is 14.6 Å². The number of benzene rings is 1. The second-order valence-corrected chi connectivity index (χ2v) is 6.93. The van der Waals surface area contributed by atoms with E-state index in [1.165, 1.54) is 17.4 Å². The molecule has 0 aliphatic rings. The molecule has 0 amide bonds. The van der Waals surface area contributed by atoms with E-state index in [2.05, 4.69) is 4.98 Å². The maximum absolute atomic E-state index is 11.5. The number of hydrogen-bond donors (Lipinski definition) is 0. The van der Waals surface area contributed by atoms with E-state index in [-0.39, 0.29) is 17.2 Å². The Balaban J connectivity index is 2.36. The summed E-state index contributed by atoms with van der Waals surface area (Å²) in [5.74, 6) is -0.478. The SMILES string of the molecule is CCOC(=O)c1csc(-c2cccc(S(C)(=O)=O)c2)n1. The Hall–Kier alpha value is -1.73. The summed E-state index contributed by atoms with van der Waals surface area (Å²) in [5, 5.41) is 2.18. The zero-order valence-corrected chi connectivity index (χ0v) is 12.6. The molecule has 0 aliphatic heterocycles. The molecule has 0 aliphatic carbocycles. The first-order valence-corrected chi connectivity index (χ1v) is 8.62. The van der Waals surface area contributed by atoms with Crippen molar-refractivity contribution < 1.29 is 17.9 Å². The van der Waals surface area contributed by atoms with Crippen LogP contribution in [0, 0.1) is 0 Å². The second-order valence-electron chi connectivity index (χ2n) is 4.06. The van der Waals surface area contributed by atoms with E-state index in [0.29, 0.717) is 10.6 Å². The molecule has 0 spiro atoms. The topological polar surface area (TPSA) is 73.3 Å². The van der Waals surface area contributed by atoms with Gasteiger partial charge in [-0.15, -0.1) is 11.3 Å². The molecule has 0 saturated carbocycles. The lowest BCUT2D eigenvalue weighted by Crippen LogP contribution is -2.04. The highest BCUT2D eigenvalue weighted by molar-refractivity contribution is 7.90. The Labute approximate surface area is 121 Å². The normalized spacial score (nSPS) is 11.3. The van der Waals surface area contributed by atoms with Crippen molar-refractivity contribution >= 4 is 27.1 Å². The number of esters is 1. The molecular formula is C13H13NO4S2. The van der Waals surface area contributed by atoms with Gasteiger partial charge in [0.05, 0.1) is 11.5 Å². The van der Waals surface area contributed by atoms with Crippen LogP contribution in [0.15, 0.2) is 34.5 Å². The fraction of sp³-hybridized carbons (Fsp3) is 0.231. The van der Waals surface area contributed by atoms with Crippen molar-refractivity contribution in [2.24, 2.45) is 0 Å². The number of nitrogens with zero attached hydrogens (tertiary/aromatic N) is 1. The van der Waals surface area contributed by atoms with Crippen LogP contribution >= 0.6 is 11.3 Å². The molecule has 0 atom stereocenters. The van der Waals surface area contributed by atoms with Gasteiger partial charge in [0.15, 0.2) is 15.5 Å². The summed E-state index contributed by atoms with van der Waals surface area (Å²) >= 11 is 1.27. The van der Waals surface area contributed by atoms with Crippen LogP contribution in [0.25, 0.3) is 10.6 Å². The first-order chi connectivity index (χ1) is 9.41. The summed E-state index contributed by atoms with van der Waals surface area (Å²) in [6.45, 7) is 2.01. The number of rotatable bonds is 4. The predicted molar refractivity (Wildman–Crippen MR) is 76.6 cm³/mol. The second kappa shape index (κ2) is 5.72. The summed E-state index contributed by atoms with van der Waals surface area (Å²) in [6, 6.07) is 6.47. The third kappa shape index (κ3) is 3.23. The van der Waals surface area contributed by atoms with Gasteiger partial charge in [0, 0.05) is 17.2 Å².